The molecule has 1 saturated heterocycles. The molecule has 2 aliphatic rings. The molecule has 1 saturated carbocycles. The number of aliphatic hydroxyl groups is 1. The predicted molar refractivity (Wildman–Crippen MR) is 134 cm³/mol. The first-order valence-electron chi connectivity index (χ1n) is 11.9. The largest absolute Gasteiger partial charge is 0.479 e. The number of aliphatic carboxylic acids is 2. The molecule has 3 aromatic heterocycles. The number of carboxylic acids is 2. The summed E-state index contributed by atoms with van der Waals surface area (Å²) in [5, 5.41) is 37.6. The Balaban J connectivity index is 1.25. The summed E-state index contributed by atoms with van der Waals surface area (Å²) in [6.07, 6.45) is -4.38. The second-order valence-electron chi connectivity index (χ2n) is 9.70. The zero-order chi connectivity index (χ0) is 28.6. The number of hydrogen-bond acceptors (Lipinski definition) is 10. The number of halogens is 2. The number of carboxylic acid groups (broad SMARTS) is 2. The Hall–Kier alpha value is -4.18. The monoisotopic (exact) mass is 573 g/mol. The normalized spacial score (nSPS) is 25.7. The molecule has 4 heterocycles. The number of nitrogens with one attached hydrogen (secondary N) is 1. The average molecular weight is 574 g/mol. The van der Waals surface area contributed by atoms with Crippen LogP contribution in [0, 0.1) is 6.92 Å². The van der Waals surface area contributed by atoms with Crippen LogP contribution in [0.5, 0.6) is 0 Å². The van der Waals surface area contributed by atoms with Crippen LogP contribution in [0.3, 0.4) is 0 Å². The van der Waals surface area contributed by atoms with E-state index in [0.717, 1.165) is 21.4 Å². The lowest BCUT2D eigenvalue weighted by Gasteiger charge is -2.28. The number of nitrogens with two attached hydrogens (primary N) is 1. The van der Waals surface area contributed by atoms with Crippen molar-refractivity contribution in [1.29, 1.82) is 0 Å². The van der Waals surface area contributed by atoms with E-state index in [4.69, 9.17) is 26.8 Å². The molecular weight excluding hydrogens is 553 g/mol. The molecule has 0 radical (unpaired) electrons. The first-order chi connectivity index (χ1) is 19.0. The van der Waals surface area contributed by atoms with Gasteiger partial charge in [0, 0.05) is 17.7 Å². The van der Waals surface area contributed by atoms with Crippen LogP contribution < -0.4 is 5.73 Å². The summed E-state index contributed by atoms with van der Waals surface area (Å²) in [6.45, 7) is 1.83. The van der Waals surface area contributed by atoms with Gasteiger partial charge in [0.1, 0.15) is 17.7 Å². The van der Waals surface area contributed by atoms with Gasteiger partial charge in [-0.05, 0) is 29.7 Å². The maximum atomic E-state index is 15.7. The Morgan fingerprint density at radius 1 is 1.27 bits per heavy atom. The molecule has 40 heavy (non-hydrogen) atoms. The van der Waals surface area contributed by atoms with Gasteiger partial charge in [0.15, 0.2) is 29.5 Å². The summed E-state index contributed by atoms with van der Waals surface area (Å²) >= 11 is 5.86. The number of anilines is 1. The third-order valence-corrected chi connectivity index (χ3v) is 7.49. The van der Waals surface area contributed by atoms with Crippen LogP contribution in [-0.4, -0.2) is 86.6 Å². The minimum atomic E-state index is -2.84. The molecule has 208 valence electrons. The quantitative estimate of drug-likeness (QED) is 0.149. The van der Waals surface area contributed by atoms with Crippen molar-refractivity contribution in [3.8, 4) is 11.1 Å². The number of aromatic nitrogens is 6. The number of benzene rings is 1. The van der Waals surface area contributed by atoms with E-state index in [-0.39, 0.29) is 22.3 Å². The van der Waals surface area contributed by atoms with Gasteiger partial charge in [-0.1, -0.05) is 24.3 Å². The molecule has 0 spiro atoms. The summed E-state index contributed by atoms with van der Waals surface area (Å²) in [4.78, 5) is 36.4. The van der Waals surface area contributed by atoms with Crippen LogP contribution in [0.4, 0.5) is 10.2 Å². The van der Waals surface area contributed by atoms with Gasteiger partial charge in [-0.3, -0.25) is 9.67 Å². The lowest BCUT2D eigenvalue weighted by molar-refractivity contribution is -0.194. The maximum Gasteiger partial charge on any atom is 0.348 e. The summed E-state index contributed by atoms with van der Waals surface area (Å²) in [7, 11) is 0. The van der Waals surface area contributed by atoms with Crippen molar-refractivity contribution in [2.75, 3.05) is 5.73 Å². The Kier molecular flexibility index (Phi) is 5.81. The molecule has 0 amide bonds. The van der Waals surface area contributed by atoms with Gasteiger partial charge in [-0.15, -0.1) is 0 Å². The summed E-state index contributed by atoms with van der Waals surface area (Å²) in [5.74, 6) is -3.69. The molecule has 16 heteroatoms. The number of aryl methyl sites for hydroxylation is 1. The molecule has 4 aromatic rings. The van der Waals surface area contributed by atoms with Crippen molar-refractivity contribution in [2.45, 2.75) is 49.2 Å². The number of rotatable bonds is 8. The number of alkyl halides is 1. The number of hydrogen-bond donors (Lipinski definition) is 5. The highest BCUT2D eigenvalue weighted by Crippen LogP contribution is 2.58. The van der Waals surface area contributed by atoms with Crippen LogP contribution in [0.25, 0.3) is 22.3 Å². The topological polar surface area (TPSA) is 212 Å². The van der Waals surface area contributed by atoms with Gasteiger partial charge < -0.3 is 30.5 Å². The number of fused-ring (bicyclic) bond motifs is 2. The Morgan fingerprint density at radius 2 is 1.98 bits per heavy atom. The van der Waals surface area contributed by atoms with E-state index in [1.54, 1.807) is 30.5 Å². The first kappa shape index (κ1) is 26.1. The Bertz CT molecular complexity index is 1650. The molecule has 1 aromatic carbocycles. The summed E-state index contributed by atoms with van der Waals surface area (Å²) in [6, 6.07) is 6.48. The van der Waals surface area contributed by atoms with E-state index in [0.29, 0.717) is 5.56 Å². The Labute approximate surface area is 228 Å². The van der Waals surface area contributed by atoms with Crippen LogP contribution in [0.1, 0.15) is 17.5 Å². The van der Waals surface area contributed by atoms with Gasteiger partial charge in [-0.25, -0.2) is 19.0 Å². The lowest BCUT2D eigenvalue weighted by atomic mass is 9.93. The molecular formula is C24H21ClFN7O7. The van der Waals surface area contributed by atoms with Crippen LogP contribution >= 0.6 is 11.6 Å². The van der Waals surface area contributed by atoms with Gasteiger partial charge in [0.05, 0.1) is 12.5 Å². The van der Waals surface area contributed by atoms with E-state index >= 15 is 4.39 Å². The standard InChI is InChI=1S/C24H21ClFN7O7/c1-9-12(7-29-32-9)11-4-2-10(3-5-11)6-23(20(34)35,21(36)37)40-16-15-24(16,38)14(26)19(39-15)33-8-28-13-17(27)30-22(25)31-18(13)33/h2-5,7-8,14-16,19,38H,6H2,1H3,(H,29,32)(H,34,35)(H,36,37)(H2,27,30,31)/t14-,15-,16?,19-,24+/m1/s1. The zero-order valence-corrected chi connectivity index (χ0v) is 21.3. The first-order valence-corrected chi connectivity index (χ1v) is 12.3. The van der Waals surface area contributed by atoms with Crippen molar-refractivity contribution in [2.24, 2.45) is 0 Å². The fraction of sp³-hybridized carbons (Fsp3) is 0.333. The van der Waals surface area contributed by atoms with Crippen LogP contribution in [0.15, 0.2) is 36.8 Å². The van der Waals surface area contributed by atoms with Crippen molar-refractivity contribution in [1.82, 2.24) is 29.7 Å². The lowest BCUT2D eigenvalue weighted by Crippen LogP contribution is -2.53. The molecule has 2 fully saturated rings. The van der Waals surface area contributed by atoms with Gasteiger partial charge in [0.25, 0.3) is 5.60 Å². The van der Waals surface area contributed by atoms with Crippen LogP contribution in [-0.2, 0) is 25.5 Å². The van der Waals surface area contributed by atoms with Crippen molar-refractivity contribution in [3.05, 3.63) is 53.3 Å². The third kappa shape index (κ3) is 3.73. The highest BCUT2D eigenvalue weighted by molar-refractivity contribution is 6.28. The molecule has 1 aliphatic heterocycles. The summed E-state index contributed by atoms with van der Waals surface area (Å²) in [5.41, 5.74) is 3.53. The second kappa shape index (κ2) is 8.92. The highest BCUT2D eigenvalue weighted by Gasteiger charge is 2.80. The van der Waals surface area contributed by atoms with Crippen molar-refractivity contribution < 1.29 is 38.8 Å². The minimum absolute atomic E-state index is 0.0481. The maximum absolute atomic E-state index is 15.7. The summed E-state index contributed by atoms with van der Waals surface area (Å²) < 4.78 is 28.0. The molecule has 1 unspecified atom stereocenters. The molecule has 14 nitrogen and oxygen atoms in total. The molecule has 5 atom stereocenters. The minimum Gasteiger partial charge on any atom is -0.479 e. The molecule has 6 N–H and O–H groups in total. The zero-order valence-electron chi connectivity index (χ0n) is 20.5. The van der Waals surface area contributed by atoms with Gasteiger partial charge in [-0.2, -0.15) is 15.1 Å². The van der Waals surface area contributed by atoms with E-state index in [1.165, 1.54) is 6.33 Å². The molecule has 0 bridgehead atoms. The number of ether oxygens (including phenoxy) is 2. The number of imidazole rings is 1. The molecule has 6 rings (SSSR count). The van der Waals surface area contributed by atoms with Gasteiger partial charge >= 0.3 is 11.9 Å². The number of carbonyl (C=O) groups is 2. The smallest absolute Gasteiger partial charge is 0.348 e. The van der Waals surface area contributed by atoms with E-state index in [9.17, 15) is 24.9 Å². The van der Waals surface area contributed by atoms with E-state index < -0.39 is 54.2 Å². The van der Waals surface area contributed by atoms with Crippen molar-refractivity contribution in [3.63, 3.8) is 0 Å². The number of aromatic amines is 1. The van der Waals surface area contributed by atoms with E-state index in [2.05, 4.69) is 25.1 Å². The number of H-pyrrole nitrogens is 1. The fourth-order valence-electron chi connectivity index (χ4n) is 5.07. The predicted octanol–water partition coefficient (Wildman–Crippen LogP) is 1.28. The molecule has 1 aliphatic carbocycles. The second-order valence-corrected chi connectivity index (χ2v) is 10.0. The van der Waals surface area contributed by atoms with Gasteiger partial charge in [0.2, 0.25) is 5.28 Å². The van der Waals surface area contributed by atoms with Crippen molar-refractivity contribution >= 4 is 40.5 Å². The number of nitrogens with zero attached hydrogens (tertiary/aromatic N) is 5. The highest BCUT2D eigenvalue weighted by atomic mass is 35.5. The number of nitrogen functional groups attached to an aromatic ring is 1. The average Bonchev–Trinajstić information content (AvgIpc) is 3.31. The third-order valence-electron chi connectivity index (χ3n) is 7.32. The SMILES string of the molecule is Cc1[nH]ncc1-c1ccc(CC(OC2[C@H]3O[C@@H](n4cnc5c(N)nc(Cl)nc54)[C@@H](F)[C@@]23O)(C(=O)O)C(=O)O)cc1. The van der Waals surface area contributed by atoms with E-state index in [1.807, 2.05) is 6.92 Å². The van der Waals surface area contributed by atoms with Crippen LogP contribution in [0.2, 0.25) is 5.28 Å². The Morgan fingerprint density at radius 3 is 2.55 bits per heavy atom. The fourth-order valence-corrected chi connectivity index (χ4v) is 5.24.